The fourth-order valence-corrected chi connectivity index (χ4v) is 2.70. The number of methoxy groups -OCH3 is 1. The average Bonchev–Trinajstić information content (AvgIpc) is 2.40. The van der Waals surface area contributed by atoms with Crippen LogP contribution in [-0.2, 0) is 4.74 Å². The molecule has 5 heteroatoms. The summed E-state index contributed by atoms with van der Waals surface area (Å²) in [5.74, 6) is 0.650. The maximum atomic E-state index is 12.1. The van der Waals surface area contributed by atoms with Gasteiger partial charge in [-0.15, -0.1) is 0 Å². The van der Waals surface area contributed by atoms with Gasteiger partial charge in [0.25, 0.3) is 0 Å². The molecule has 0 aromatic carbocycles. The Kier molecular flexibility index (Phi) is 6.81. The minimum absolute atomic E-state index is 0.370. The molecule has 0 unspecified atom stereocenters. The smallest absolute Gasteiger partial charge is 0.415 e. The molecule has 1 aromatic heterocycles. The highest BCUT2D eigenvalue weighted by molar-refractivity contribution is 5.86. The second-order valence-corrected chi connectivity index (χ2v) is 6.19. The van der Waals surface area contributed by atoms with E-state index in [2.05, 4.69) is 37.6 Å². The summed E-state index contributed by atoms with van der Waals surface area (Å²) in [6.45, 7) is 13.9. The molecule has 0 fully saturated rings. The maximum Gasteiger partial charge on any atom is 0.415 e. The molecule has 0 spiro atoms. The van der Waals surface area contributed by atoms with Crippen molar-refractivity contribution in [3.8, 4) is 0 Å². The minimum Gasteiger partial charge on any atom is -0.452 e. The van der Waals surface area contributed by atoms with Crippen LogP contribution in [0.5, 0.6) is 0 Å². The highest BCUT2D eigenvalue weighted by atomic mass is 16.5. The molecule has 0 aliphatic carbocycles. The molecule has 0 atom stereocenters. The number of ether oxygens (including phenoxy) is 1. The van der Waals surface area contributed by atoms with Crippen molar-refractivity contribution in [2.24, 2.45) is 0 Å². The largest absolute Gasteiger partial charge is 0.452 e. The average molecular weight is 307 g/mol. The molecule has 1 rings (SSSR count). The molecule has 1 heterocycles. The number of nitrogens with zero attached hydrogens (tertiary/aromatic N) is 3. The van der Waals surface area contributed by atoms with Crippen molar-refractivity contribution in [2.45, 2.75) is 53.6 Å². The molecule has 0 aliphatic rings. The van der Waals surface area contributed by atoms with E-state index in [-0.39, 0.29) is 6.09 Å². The van der Waals surface area contributed by atoms with Gasteiger partial charge < -0.3 is 4.74 Å². The Balaban J connectivity index is 2.96. The summed E-state index contributed by atoms with van der Waals surface area (Å²) in [7, 11) is 1.40. The first-order valence-corrected chi connectivity index (χ1v) is 7.82. The van der Waals surface area contributed by atoms with E-state index in [9.17, 15) is 4.79 Å². The van der Waals surface area contributed by atoms with Gasteiger partial charge >= 0.3 is 6.09 Å². The van der Waals surface area contributed by atoms with Crippen molar-refractivity contribution >= 4 is 11.9 Å². The quantitative estimate of drug-likeness (QED) is 0.808. The van der Waals surface area contributed by atoms with E-state index in [1.807, 2.05) is 26.0 Å². The van der Waals surface area contributed by atoms with Crippen LogP contribution in [0.25, 0.3) is 0 Å². The number of hydrogen-bond acceptors (Lipinski definition) is 4. The van der Waals surface area contributed by atoms with E-state index in [1.54, 1.807) is 4.90 Å². The normalized spacial score (nSPS) is 11.4. The number of aryl methyl sites for hydroxylation is 2. The predicted octanol–water partition coefficient (Wildman–Crippen LogP) is 3.39. The molecular formula is C17H29N3O2. The van der Waals surface area contributed by atoms with E-state index in [4.69, 9.17) is 4.74 Å². The van der Waals surface area contributed by atoms with Gasteiger partial charge in [0.05, 0.1) is 7.11 Å². The molecule has 0 radical (unpaired) electrons. The third-order valence-corrected chi connectivity index (χ3v) is 3.66. The summed E-state index contributed by atoms with van der Waals surface area (Å²) in [5, 5.41) is 0. The van der Waals surface area contributed by atoms with Gasteiger partial charge in [0, 0.05) is 30.9 Å². The topological polar surface area (TPSA) is 45.7 Å². The number of carbonyl (C=O) groups is 1. The first-order chi connectivity index (χ1) is 10.3. The Hall–Kier alpha value is -1.62. The number of anilines is 1. The van der Waals surface area contributed by atoms with Gasteiger partial charge in [-0.3, -0.25) is 9.80 Å². The van der Waals surface area contributed by atoms with E-state index in [1.165, 1.54) is 7.11 Å². The lowest BCUT2D eigenvalue weighted by molar-refractivity contribution is 0.164. The molecule has 0 saturated heterocycles. The van der Waals surface area contributed by atoms with Crippen LogP contribution in [0.2, 0.25) is 0 Å². The molecule has 1 aromatic rings. The second-order valence-electron chi connectivity index (χ2n) is 6.19. The molecule has 0 bridgehead atoms. The third kappa shape index (κ3) is 4.98. The van der Waals surface area contributed by atoms with Crippen LogP contribution in [0.15, 0.2) is 12.1 Å². The van der Waals surface area contributed by atoms with Gasteiger partial charge in [-0.05, 0) is 59.2 Å². The maximum absolute atomic E-state index is 12.1. The number of pyridine rings is 1. The fourth-order valence-electron chi connectivity index (χ4n) is 2.70. The Morgan fingerprint density at radius 3 is 2.18 bits per heavy atom. The summed E-state index contributed by atoms with van der Waals surface area (Å²) in [4.78, 5) is 20.6. The number of aromatic nitrogens is 1. The lowest BCUT2D eigenvalue weighted by Crippen LogP contribution is -2.44. The van der Waals surface area contributed by atoms with Crippen LogP contribution >= 0.6 is 0 Å². The molecule has 22 heavy (non-hydrogen) atoms. The molecule has 124 valence electrons. The van der Waals surface area contributed by atoms with Crippen molar-refractivity contribution in [3.05, 3.63) is 23.4 Å². The Morgan fingerprint density at radius 1 is 1.14 bits per heavy atom. The number of hydrogen-bond donors (Lipinski definition) is 0. The van der Waals surface area contributed by atoms with Crippen LogP contribution in [-0.4, -0.2) is 48.3 Å². The Bertz CT molecular complexity index is 472. The summed E-state index contributed by atoms with van der Waals surface area (Å²) >= 11 is 0. The standard InChI is InChI=1S/C17H29N3O2/c1-12(2)19(13(3)4)8-9-20(17(21)22-7)16-11-14(5)10-15(6)18-16/h10-13H,8-9H2,1-7H3. The fraction of sp³-hybridized carbons (Fsp3) is 0.647. The molecule has 0 aliphatic heterocycles. The highest BCUT2D eigenvalue weighted by Crippen LogP contribution is 2.16. The van der Waals surface area contributed by atoms with Gasteiger partial charge in [-0.2, -0.15) is 0 Å². The van der Waals surface area contributed by atoms with Crippen LogP contribution in [0.3, 0.4) is 0 Å². The lowest BCUT2D eigenvalue weighted by atomic mass is 10.2. The number of carbonyl (C=O) groups excluding carboxylic acids is 1. The molecule has 0 saturated carbocycles. The van der Waals surface area contributed by atoms with Crippen molar-refractivity contribution in [3.63, 3.8) is 0 Å². The molecule has 1 amide bonds. The minimum atomic E-state index is -0.370. The SMILES string of the molecule is COC(=O)N(CCN(C(C)C)C(C)C)c1cc(C)cc(C)n1. The van der Waals surface area contributed by atoms with Gasteiger partial charge in [-0.1, -0.05) is 0 Å². The number of amides is 1. The zero-order valence-electron chi connectivity index (χ0n) is 14.9. The molecule has 0 N–H and O–H groups in total. The monoisotopic (exact) mass is 307 g/mol. The van der Waals surface area contributed by atoms with Crippen LogP contribution in [0, 0.1) is 13.8 Å². The lowest BCUT2D eigenvalue weighted by Gasteiger charge is -2.32. The van der Waals surface area contributed by atoms with Gasteiger partial charge in [-0.25, -0.2) is 9.78 Å². The first-order valence-electron chi connectivity index (χ1n) is 7.82. The Labute approximate surface area is 134 Å². The number of rotatable bonds is 6. The van der Waals surface area contributed by atoms with Crippen LogP contribution < -0.4 is 4.90 Å². The first kappa shape index (κ1) is 18.4. The zero-order valence-corrected chi connectivity index (χ0v) is 14.9. The van der Waals surface area contributed by atoms with Crippen molar-refractivity contribution in [1.29, 1.82) is 0 Å². The van der Waals surface area contributed by atoms with Gasteiger partial charge in [0.1, 0.15) is 5.82 Å². The van der Waals surface area contributed by atoms with Crippen molar-refractivity contribution in [1.82, 2.24) is 9.88 Å². The van der Waals surface area contributed by atoms with Crippen LogP contribution in [0.1, 0.15) is 39.0 Å². The summed E-state index contributed by atoms with van der Waals surface area (Å²) in [6.07, 6.45) is -0.370. The van der Waals surface area contributed by atoms with E-state index < -0.39 is 0 Å². The third-order valence-electron chi connectivity index (χ3n) is 3.66. The predicted molar refractivity (Wildman–Crippen MR) is 90.4 cm³/mol. The summed E-state index contributed by atoms with van der Waals surface area (Å²) < 4.78 is 4.93. The zero-order chi connectivity index (χ0) is 16.9. The molecular weight excluding hydrogens is 278 g/mol. The van der Waals surface area contributed by atoms with Crippen molar-refractivity contribution < 1.29 is 9.53 Å². The summed E-state index contributed by atoms with van der Waals surface area (Å²) in [5.41, 5.74) is 1.98. The van der Waals surface area contributed by atoms with Crippen molar-refractivity contribution in [2.75, 3.05) is 25.1 Å². The van der Waals surface area contributed by atoms with Gasteiger partial charge in [0.15, 0.2) is 0 Å². The molecule has 5 nitrogen and oxygen atoms in total. The van der Waals surface area contributed by atoms with E-state index in [0.717, 1.165) is 17.8 Å². The Morgan fingerprint density at radius 2 is 1.73 bits per heavy atom. The van der Waals surface area contributed by atoms with E-state index in [0.29, 0.717) is 24.4 Å². The second kappa shape index (κ2) is 8.13. The van der Waals surface area contributed by atoms with E-state index >= 15 is 0 Å². The van der Waals surface area contributed by atoms with Crippen LogP contribution in [0.4, 0.5) is 10.6 Å². The summed E-state index contributed by atoms with van der Waals surface area (Å²) in [6, 6.07) is 4.75. The highest BCUT2D eigenvalue weighted by Gasteiger charge is 2.21. The van der Waals surface area contributed by atoms with Gasteiger partial charge in [0.2, 0.25) is 0 Å².